The third kappa shape index (κ3) is 5.15. The molecule has 5 nitrogen and oxygen atoms in total. The van der Waals surface area contributed by atoms with Crippen molar-refractivity contribution in [3.63, 3.8) is 0 Å². The van der Waals surface area contributed by atoms with Crippen LogP contribution in [0.3, 0.4) is 0 Å². The summed E-state index contributed by atoms with van der Waals surface area (Å²) in [5.74, 6) is 0.879. The molecule has 0 saturated carbocycles. The number of nitrogens with zero attached hydrogens (tertiary/aromatic N) is 3. The van der Waals surface area contributed by atoms with Crippen LogP contribution >= 0.6 is 11.6 Å². The molecule has 0 atom stereocenters. The molecule has 29 heavy (non-hydrogen) atoms. The molecule has 0 aliphatic heterocycles. The van der Waals surface area contributed by atoms with Crippen LogP contribution in [0.15, 0.2) is 73.2 Å². The van der Waals surface area contributed by atoms with Crippen molar-refractivity contribution in [2.45, 2.75) is 19.3 Å². The molecule has 6 heteroatoms. The van der Waals surface area contributed by atoms with Crippen LogP contribution < -0.4 is 0 Å². The quantitative estimate of drug-likeness (QED) is 0.463. The number of H-pyrrole nitrogens is 1. The second kappa shape index (κ2) is 8.80. The van der Waals surface area contributed by atoms with Crippen molar-refractivity contribution in [1.82, 2.24) is 19.9 Å². The number of ketones is 1. The van der Waals surface area contributed by atoms with E-state index in [-0.39, 0.29) is 5.78 Å². The van der Waals surface area contributed by atoms with Crippen LogP contribution in [0.5, 0.6) is 0 Å². The van der Waals surface area contributed by atoms with Gasteiger partial charge in [-0.05, 0) is 41.0 Å². The Labute approximate surface area is 173 Å². The molecule has 1 aromatic carbocycles. The third-order valence-electron chi connectivity index (χ3n) is 4.52. The van der Waals surface area contributed by atoms with E-state index in [1.165, 1.54) is 0 Å². The Morgan fingerprint density at radius 2 is 1.79 bits per heavy atom. The zero-order valence-electron chi connectivity index (χ0n) is 15.7. The summed E-state index contributed by atoms with van der Waals surface area (Å²) in [6, 6.07) is 17.4. The average molecular weight is 403 g/mol. The van der Waals surface area contributed by atoms with Crippen LogP contribution in [0.4, 0.5) is 0 Å². The lowest BCUT2D eigenvalue weighted by atomic mass is 10.0. The SMILES string of the molecule is O=C(Cc1ccc(Cl)nc1)Cc1cccc(Cc2nccc(-c3ccc[nH]3)n2)c1. The maximum Gasteiger partial charge on any atom is 0.141 e. The minimum Gasteiger partial charge on any atom is -0.360 e. The van der Waals surface area contributed by atoms with E-state index in [4.69, 9.17) is 11.6 Å². The fraction of sp³-hybridized carbons (Fsp3) is 0.130. The second-order valence-corrected chi connectivity index (χ2v) is 7.21. The van der Waals surface area contributed by atoms with E-state index < -0.39 is 0 Å². The molecule has 0 amide bonds. The molecule has 0 fully saturated rings. The van der Waals surface area contributed by atoms with E-state index in [9.17, 15) is 4.79 Å². The Morgan fingerprint density at radius 1 is 0.931 bits per heavy atom. The van der Waals surface area contributed by atoms with Gasteiger partial charge in [0.05, 0.1) is 11.4 Å². The van der Waals surface area contributed by atoms with Gasteiger partial charge in [-0.1, -0.05) is 41.9 Å². The summed E-state index contributed by atoms with van der Waals surface area (Å²) >= 11 is 5.79. The monoisotopic (exact) mass is 402 g/mol. The number of hydrogen-bond donors (Lipinski definition) is 1. The first-order chi connectivity index (χ1) is 14.2. The lowest BCUT2D eigenvalue weighted by molar-refractivity contribution is -0.117. The maximum absolute atomic E-state index is 12.4. The number of aromatic nitrogens is 4. The molecule has 0 aliphatic carbocycles. The maximum atomic E-state index is 12.4. The minimum absolute atomic E-state index is 0.135. The van der Waals surface area contributed by atoms with Crippen molar-refractivity contribution < 1.29 is 4.79 Å². The van der Waals surface area contributed by atoms with E-state index in [0.717, 1.165) is 33.9 Å². The Bertz CT molecular complexity index is 1110. The van der Waals surface area contributed by atoms with Gasteiger partial charge in [0.1, 0.15) is 16.8 Å². The van der Waals surface area contributed by atoms with Gasteiger partial charge >= 0.3 is 0 Å². The predicted molar refractivity (Wildman–Crippen MR) is 113 cm³/mol. The summed E-state index contributed by atoms with van der Waals surface area (Å²) in [5.41, 5.74) is 4.75. The molecule has 3 heterocycles. The van der Waals surface area contributed by atoms with E-state index in [0.29, 0.717) is 24.4 Å². The van der Waals surface area contributed by atoms with E-state index in [2.05, 4.69) is 19.9 Å². The normalized spacial score (nSPS) is 10.8. The van der Waals surface area contributed by atoms with E-state index in [1.807, 2.05) is 54.7 Å². The zero-order valence-corrected chi connectivity index (χ0v) is 16.4. The Balaban J connectivity index is 1.43. The molecule has 1 N–H and O–H groups in total. The summed E-state index contributed by atoms with van der Waals surface area (Å²) < 4.78 is 0. The Morgan fingerprint density at radius 3 is 2.59 bits per heavy atom. The summed E-state index contributed by atoms with van der Waals surface area (Å²) in [5, 5.41) is 0.427. The highest BCUT2D eigenvalue weighted by molar-refractivity contribution is 6.29. The van der Waals surface area contributed by atoms with Gasteiger partial charge in [0, 0.05) is 37.9 Å². The third-order valence-corrected chi connectivity index (χ3v) is 4.75. The molecule has 144 valence electrons. The Kier molecular flexibility index (Phi) is 5.77. The van der Waals surface area contributed by atoms with E-state index >= 15 is 0 Å². The molecule has 4 aromatic rings. The Hall–Kier alpha value is -3.31. The molecule has 0 unspecified atom stereocenters. The molecule has 0 spiro atoms. The van der Waals surface area contributed by atoms with Crippen molar-refractivity contribution in [3.8, 4) is 11.4 Å². The largest absolute Gasteiger partial charge is 0.360 e. The van der Waals surface area contributed by atoms with Gasteiger partial charge in [0.2, 0.25) is 0 Å². The molecule has 0 saturated heterocycles. The molecular formula is C23H19ClN4O. The van der Waals surface area contributed by atoms with Crippen LogP contribution in [0, 0.1) is 0 Å². The number of carbonyl (C=O) groups excluding carboxylic acids is 1. The smallest absolute Gasteiger partial charge is 0.141 e. The average Bonchev–Trinajstić information content (AvgIpc) is 3.25. The number of Topliss-reactive ketones (excluding diaryl/α,β-unsaturated/α-hetero) is 1. The molecule has 0 bridgehead atoms. The number of aromatic amines is 1. The fourth-order valence-corrected chi connectivity index (χ4v) is 3.30. The molecule has 4 rings (SSSR count). The van der Waals surface area contributed by atoms with Gasteiger partial charge in [-0.15, -0.1) is 0 Å². The number of nitrogens with one attached hydrogen (secondary N) is 1. The number of carbonyl (C=O) groups is 1. The van der Waals surface area contributed by atoms with Crippen LogP contribution in [-0.4, -0.2) is 25.7 Å². The summed E-state index contributed by atoms with van der Waals surface area (Å²) in [4.78, 5) is 28.6. The number of hydrogen-bond acceptors (Lipinski definition) is 4. The fourth-order valence-electron chi connectivity index (χ4n) is 3.18. The van der Waals surface area contributed by atoms with Crippen molar-refractivity contribution in [3.05, 3.63) is 101 Å². The lowest BCUT2D eigenvalue weighted by Crippen LogP contribution is -2.07. The van der Waals surface area contributed by atoms with Gasteiger partial charge in [0.15, 0.2) is 0 Å². The highest BCUT2D eigenvalue weighted by Gasteiger charge is 2.08. The topological polar surface area (TPSA) is 71.5 Å². The predicted octanol–water partition coefficient (Wildman–Crippen LogP) is 4.47. The van der Waals surface area contributed by atoms with Crippen LogP contribution in [0.1, 0.15) is 22.5 Å². The number of halogens is 1. The number of benzene rings is 1. The summed E-state index contributed by atoms with van der Waals surface area (Å²) in [6.45, 7) is 0. The molecule has 3 aromatic heterocycles. The van der Waals surface area contributed by atoms with Crippen molar-refractivity contribution in [2.75, 3.05) is 0 Å². The van der Waals surface area contributed by atoms with Crippen molar-refractivity contribution >= 4 is 17.4 Å². The lowest BCUT2D eigenvalue weighted by Gasteiger charge is -2.06. The van der Waals surface area contributed by atoms with Gasteiger partial charge < -0.3 is 4.98 Å². The molecular weight excluding hydrogens is 384 g/mol. The van der Waals surface area contributed by atoms with Gasteiger partial charge in [-0.2, -0.15) is 0 Å². The van der Waals surface area contributed by atoms with Gasteiger partial charge in [-0.25, -0.2) is 15.0 Å². The highest BCUT2D eigenvalue weighted by atomic mass is 35.5. The van der Waals surface area contributed by atoms with Crippen molar-refractivity contribution in [1.29, 1.82) is 0 Å². The van der Waals surface area contributed by atoms with Gasteiger partial charge in [0.25, 0.3) is 0 Å². The zero-order chi connectivity index (χ0) is 20.1. The summed E-state index contributed by atoms with van der Waals surface area (Å²) in [6.07, 6.45) is 6.61. The first-order valence-corrected chi connectivity index (χ1v) is 9.69. The van der Waals surface area contributed by atoms with Crippen LogP contribution in [0.25, 0.3) is 11.4 Å². The summed E-state index contributed by atoms with van der Waals surface area (Å²) in [7, 11) is 0. The number of rotatable bonds is 7. The first kappa shape index (κ1) is 19.0. The van der Waals surface area contributed by atoms with E-state index in [1.54, 1.807) is 18.5 Å². The number of pyridine rings is 1. The van der Waals surface area contributed by atoms with Crippen molar-refractivity contribution in [2.24, 2.45) is 0 Å². The van der Waals surface area contributed by atoms with Crippen LogP contribution in [0.2, 0.25) is 5.15 Å². The highest BCUT2D eigenvalue weighted by Crippen LogP contribution is 2.16. The second-order valence-electron chi connectivity index (χ2n) is 6.82. The van der Waals surface area contributed by atoms with Gasteiger partial charge in [-0.3, -0.25) is 4.79 Å². The first-order valence-electron chi connectivity index (χ1n) is 9.31. The molecule has 0 aliphatic rings. The van der Waals surface area contributed by atoms with Crippen LogP contribution in [-0.2, 0) is 24.1 Å². The standard InChI is InChI=1S/C23H19ClN4O/c24-22-7-6-18(15-27-22)13-19(29)12-16-3-1-4-17(11-16)14-23-26-10-8-21(28-23)20-5-2-9-25-20/h1-11,15,25H,12-14H2. The molecule has 0 radical (unpaired) electrons. The minimum atomic E-state index is 0.135.